The molecule has 0 aromatic rings. The highest BCUT2D eigenvalue weighted by Crippen LogP contribution is 1.96. The largest absolute Gasteiger partial charge is 0.449 e. The van der Waals surface area contributed by atoms with Crippen LogP contribution < -0.4 is 10.6 Å². The highest BCUT2D eigenvalue weighted by Gasteiger charge is 2.16. The van der Waals surface area contributed by atoms with Crippen molar-refractivity contribution in [3.8, 4) is 0 Å². The molecule has 0 aliphatic heterocycles. The van der Waals surface area contributed by atoms with Crippen LogP contribution in [0.15, 0.2) is 12.2 Å². The van der Waals surface area contributed by atoms with Crippen molar-refractivity contribution in [1.29, 1.82) is 0 Å². The van der Waals surface area contributed by atoms with Gasteiger partial charge in [0.1, 0.15) is 0 Å². The number of ether oxygens (including phenoxy) is 2. The van der Waals surface area contributed by atoms with Crippen molar-refractivity contribution >= 4 is 23.8 Å². The normalized spacial score (nSPS) is 13.2. The summed E-state index contributed by atoms with van der Waals surface area (Å²) in [5.74, 6) is -2.68. The van der Waals surface area contributed by atoms with Crippen LogP contribution in [0.25, 0.3) is 0 Å². The van der Waals surface area contributed by atoms with Crippen molar-refractivity contribution in [3.63, 3.8) is 0 Å². The van der Waals surface area contributed by atoms with Gasteiger partial charge in [-0.15, -0.1) is 0 Å². The van der Waals surface area contributed by atoms with Crippen LogP contribution in [0.3, 0.4) is 0 Å². The third-order valence-electron chi connectivity index (χ3n) is 2.17. The number of hydrogen-bond acceptors (Lipinski definition) is 6. The van der Waals surface area contributed by atoms with Gasteiger partial charge in [0.15, 0.2) is 12.2 Å². The first-order valence-electron chi connectivity index (χ1n) is 5.84. The first-order chi connectivity index (χ1) is 9.31. The number of carbonyl (C=O) groups is 4. The zero-order chi connectivity index (χ0) is 15.7. The van der Waals surface area contributed by atoms with Crippen molar-refractivity contribution in [2.75, 3.05) is 14.1 Å². The Morgan fingerprint density at radius 3 is 1.35 bits per heavy atom. The molecule has 0 spiro atoms. The number of likely N-dealkylation sites (N-methyl/N-ethyl adjacent to an activating group) is 2. The minimum atomic E-state index is -0.974. The molecule has 0 saturated heterocycles. The summed E-state index contributed by atoms with van der Waals surface area (Å²) in [4.78, 5) is 44.7. The Hall–Kier alpha value is -2.38. The first-order valence-corrected chi connectivity index (χ1v) is 5.84. The van der Waals surface area contributed by atoms with E-state index in [4.69, 9.17) is 9.47 Å². The number of nitrogens with one attached hydrogen (secondary N) is 2. The molecule has 0 saturated carbocycles. The van der Waals surface area contributed by atoms with Gasteiger partial charge < -0.3 is 20.1 Å². The number of esters is 2. The SMILES string of the molecule is CNC(=O)[C@H](C)OC(=O)/C=C/C(=O)O[C@@H](C)C(=O)NC. The molecule has 0 aliphatic rings. The third-order valence-corrected chi connectivity index (χ3v) is 2.17. The predicted octanol–water partition coefficient (Wildman–Crippen LogP) is -1.10. The molecule has 0 bridgehead atoms. The zero-order valence-corrected chi connectivity index (χ0v) is 11.8. The maximum atomic E-state index is 11.3. The van der Waals surface area contributed by atoms with Gasteiger partial charge in [0.2, 0.25) is 0 Å². The highest BCUT2D eigenvalue weighted by molar-refractivity contribution is 5.94. The molecule has 0 radical (unpaired) electrons. The lowest BCUT2D eigenvalue weighted by Crippen LogP contribution is -2.33. The van der Waals surface area contributed by atoms with E-state index in [1.807, 2.05) is 0 Å². The summed E-state index contributed by atoms with van der Waals surface area (Å²) in [7, 11) is 2.81. The van der Waals surface area contributed by atoms with Gasteiger partial charge in [-0.3, -0.25) is 9.59 Å². The van der Waals surface area contributed by atoms with Crippen LogP contribution in [0.2, 0.25) is 0 Å². The molecule has 0 aliphatic carbocycles. The van der Waals surface area contributed by atoms with Crippen molar-refractivity contribution in [2.45, 2.75) is 26.1 Å². The van der Waals surface area contributed by atoms with Gasteiger partial charge in [-0.25, -0.2) is 9.59 Å². The van der Waals surface area contributed by atoms with Gasteiger partial charge >= 0.3 is 11.9 Å². The van der Waals surface area contributed by atoms with E-state index in [-0.39, 0.29) is 0 Å². The Bertz CT molecular complexity index is 380. The minimum Gasteiger partial charge on any atom is -0.449 e. The third kappa shape index (κ3) is 6.53. The van der Waals surface area contributed by atoms with E-state index in [2.05, 4.69) is 10.6 Å². The van der Waals surface area contributed by atoms with Crippen molar-refractivity contribution < 1.29 is 28.7 Å². The molecule has 0 heterocycles. The standard InChI is InChI=1S/C12H18N2O6/c1-7(11(17)13-3)19-9(15)5-6-10(16)20-8(2)12(18)14-4/h5-8H,1-4H3,(H,13,17)(H,14,18)/b6-5+/t7-,8-/m0/s1. The molecule has 20 heavy (non-hydrogen) atoms. The fraction of sp³-hybridized carbons (Fsp3) is 0.500. The second-order valence-electron chi connectivity index (χ2n) is 3.72. The Labute approximate surface area is 116 Å². The lowest BCUT2D eigenvalue weighted by molar-refractivity contribution is -0.151. The monoisotopic (exact) mass is 286 g/mol. The quantitative estimate of drug-likeness (QED) is 0.473. The van der Waals surface area contributed by atoms with Crippen molar-refractivity contribution in [1.82, 2.24) is 10.6 Å². The zero-order valence-electron chi connectivity index (χ0n) is 11.8. The van der Waals surface area contributed by atoms with Crippen LogP contribution >= 0.6 is 0 Å². The average Bonchev–Trinajstić information content (AvgIpc) is 2.42. The van der Waals surface area contributed by atoms with Crippen LogP contribution in [0.4, 0.5) is 0 Å². The number of carbonyl (C=O) groups excluding carboxylic acids is 4. The van der Waals surface area contributed by atoms with E-state index in [1.54, 1.807) is 0 Å². The summed E-state index contributed by atoms with van der Waals surface area (Å²) < 4.78 is 9.40. The predicted molar refractivity (Wildman–Crippen MR) is 68.4 cm³/mol. The molecule has 2 atom stereocenters. The molecule has 112 valence electrons. The molecule has 2 N–H and O–H groups in total. The summed E-state index contributed by atoms with van der Waals surface area (Å²) in [6.07, 6.45) is -0.313. The summed E-state index contributed by atoms with van der Waals surface area (Å²) in [5, 5.41) is 4.61. The summed E-state index contributed by atoms with van der Waals surface area (Å²) in [5.41, 5.74) is 0. The summed E-state index contributed by atoms with van der Waals surface area (Å²) in [6.45, 7) is 2.77. The van der Waals surface area contributed by atoms with E-state index in [1.165, 1.54) is 27.9 Å². The molecule has 0 unspecified atom stereocenters. The van der Waals surface area contributed by atoms with E-state index >= 15 is 0 Å². The minimum absolute atomic E-state index is 0.470. The molecule has 8 heteroatoms. The van der Waals surface area contributed by atoms with E-state index < -0.39 is 36.0 Å². The van der Waals surface area contributed by atoms with Gasteiger partial charge in [0.25, 0.3) is 11.8 Å². The molecule has 0 rings (SSSR count). The average molecular weight is 286 g/mol. The molecular weight excluding hydrogens is 268 g/mol. The van der Waals surface area contributed by atoms with Crippen molar-refractivity contribution in [3.05, 3.63) is 12.2 Å². The Morgan fingerprint density at radius 2 is 1.10 bits per heavy atom. The van der Waals surface area contributed by atoms with Crippen LogP contribution in [0.5, 0.6) is 0 Å². The summed E-state index contributed by atoms with van der Waals surface area (Å²) >= 11 is 0. The van der Waals surface area contributed by atoms with E-state index in [9.17, 15) is 19.2 Å². The van der Waals surface area contributed by atoms with Gasteiger partial charge in [-0.1, -0.05) is 0 Å². The van der Waals surface area contributed by atoms with Gasteiger partial charge in [-0.2, -0.15) is 0 Å². The topological polar surface area (TPSA) is 111 Å². The highest BCUT2D eigenvalue weighted by atomic mass is 16.6. The Balaban J connectivity index is 4.28. The lowest BCUT2D eigenvalue weighted by Gasteiger charge is -2.10. The van der Waals surface area contributed by atoms with Gasteiger partial charge in [0, 0.05) is 26.2 Å². The fourth-order valence-corrected chi connectivity index (χ4v) is 1.08. The Morgan fingerprint density at radius 1 is 0.800 bits per heavy atom. The van der Waals surface area contributed by atoms with E-state index in [0.29, 0.717) is 0 Å². The number of amides is 2. The fourth-order valence-electron chi connectivity index (χ4n) is 1.08. The Kier molecular flexibility index (Phi) is 7.64. The van der Waals surface area contributed by atoms with Crippen LogP contribution in [0.1, 0.15) is 13.8 Å². The first kappa shape index (κ1) is 17.6. The molecule has 0 aromatic heterocycles. The van der Waals surface area contributed by atoms with E-state index in [0.717, 1.165) is 12.2 Å². The van der Waals surface area contributed by atoms with Crippen molar-refractivity contribution in [2.24, 2.45) is 0 Å². The number of rotatable bonds is 6. The summed E-state index contributed by atoms with van der Waals surface area (Å²) in [6, 6.07) is 0. The second kappa shape index (κ2) is 8.68. The smallest absolute Gasteiger partial charge is 0.331 e. The maximum absolute atomic E-state index is 11.3. The van der Waals surface area contributed by atoms with Crippen LogP contribution in [0, 0.1) is 0 Å². The van der Waals surface area contributed by atoms with Gasteiger partial charge in [-0.05, 0) is 13.8 Å². The molecular formula is C12H18N2O6. The second-order valence-corrected chi connectivity index (χ2v) is 3.72. The van der Waals surface area contributed by atoms with Crippen LogP contribution in [-0.2, 0) is 28.7 Å². The molecule has 0 aromatic carbocycles. The maximum Gasteiger partial charge on any atom is 0.331 e. The van der Waals surface area contributed by atoms with Gasteiger partial charge in [0.05, 0.1) is 0 Å². The molecule has 2 amide bonds. The number of hydrogen-bond donors (Lipinski definition) is 2. The molecule has 8 nitrogen and oxygen atoms in total. The van der Waals surface area contributed by atoms with Crippen LogP contribution in [-0.4, -0.2) is 50.1 Å². The lowest BCUT2D eigenvalue weighted by atomic mass is 10.3. The molecule has 0 fully saturated rings.